The molecule has 0 spiro atoms. The number of hydrogen-bond acceptors (Lipinski definition) is 4. The van der Waals surface area contributed by atoms with Gasteiger partial charge in [-0.2, -0.15) is 0 Å². The first kappa shape index (κ1) is 21.9. The summed E-state index contributed by atoms with van der Waals surface area (Å²) in [5.41, 5.74) is 3.69. The van der Waals surface area contributed by atoms with E-state index in [0.717, 1.165) is 43.0 Å². The summed E-state index contributed by atoms with van der Waals surface area (Å²) in [6.45, 7) is 5.31. The largest absolute Gasteiger partial charge is 0.450 e. The van der Waals surface area contributed by atoms with Gasteiger partial charge in [0.1, 0.15) is 5.75 Å². The first-order chi connectivity index (χ1) is 15.6. The average molecular weight is 448 g/mol. The summed E-state index contributed by atoms with van der Waals surface area (Å²) >= 11 is 5.97. The number of allylic oxidation sites excluding steroid dienone is 1. The topological polar surface area (TPSA) is 53.6 Å². The Labute approximate surface area is 193 Å². The molecule has 5 nitrogen and oxygen atoms in total. The highest BCUT2D eigenvalue weighted by Crippen LogP contribution is 2.25. The summed E-state index contributed by atoms with van der Waals surface area (Å²) in [6, 6.07) is 25.0. The van der Waals surface area contributed by atoms with Crippen molar-refractivity contribution in [1.82, 2.24) is 10.2 Å². The van der Waals surface area contributed by atoms with E-state index in [1.165, 1.54) is 0 Å². The predicted octanol–water partition coefficient (Wildman–Crippen LogP) is 5.16. The zero-order valence-electron chi connectivity index (χ0n) is 18.0. The summed E-state index contributed by atoms with van der Waals surface area (Å²) in [7, 11) is 0. The molecule has 3 aromatic carbocycles. The second-order valence-corrected chi connectivity index (χ2v) is 8.04. The third-order valence-corrected chi connectivity index (χ3v) is 5.66. The maximum Gasteiger partial charge on any atom is 0.293 e. The minimum absolute atomic E-state index is 0.286. The number of hydrogen-bond donors (Lipinski definition) is 2. The predicted molar refractivity (Wildman–Crippen MR) is 130 cm³/mol. The Kier molecular flexibility index (Phi) is 7.10. The van der Waals surface area contributed by atoms with Crippen LogP contribution in [0.5, 0.6) is 5.75 Å². The van der Waals surface area contributed by atoms with Crippen LogP contribution in [0.25, 0.3) is 11.1 Å². The van der Waals surface area contributed by atoms with E-state index in [4.69, 9.17) is 16.3 Å². The molecule has 0 aromatic heterocycles. The van der Waals surface area contributed by atoms with Crippen LogP contribution in [0.3, 0.4) is 0 Å². The standard InChI is InChI=1S/C26H26ClN3O2/c1-19(30-17-15-28-16-18-30)25(26(31)29-23-11-9-22(27)10-12-23)32-24-13-7-21(8-14-24)20-5-3-2-4-6-20/h2-14,28H,15-18H2,1H3,(H,29,31)/b25-19-. The number of piperazine rings is 1. The number of halogens is 1. The van der Waals surface area contributed by atoms with Crippen LogP contribution in [0.15, 0.2) is 90.3 Å². The van der Waals surface area contributed by atoms with E-state index in [1.807, 2.05) is 49.4 Å². The Morgan fingerprint density at radius 3 is 2.19 bits per heavy atom. The van der Waals surface area contributed by atoms with Gasteiger partial charge < -0.3 is 20.3 Å². The summed E-state index contributed by atoms with van der Waals surface area (Å²) in [5, 5.41) is 6.88. The first-order valence-corrected chi connectivity index (χ1v) is 11.0. The number of ether oxygens (including phenoxy) is 1. The fourth-order valence-electron chi connectivity index (χ4n) is 3.61. The number of carbonyl (C=O) groups excluding carboxylic acids is 1. The molecule has 0 aliphatic carbocycles. The lowest BCUT2D eigenvalue weighted by Crippen LogP contribution is -2.43. The van der Waals surface area contributed by atoms with Gasteiger partial charge in [0.2, 0.25) is 5.76 Å². The third-order valence-electron chi connectivity index (χ3n) is 5.41. The van der Waals surface area contributed by atoms with Gasteiger partial charge in [-0.15, -0.1) is 0 Å². The van der Waals surface area contributed by atoms with Crippen LogP contribution in [0.1, 0.15) is 6.92 Å². The van der Waals surface area contributed by atoms with Gasteiger partial charge in [-0.3, -0.25) is 4.79 Å². The van der Waals surface area contributed by atoms with Gasteiger partial charge in [0, 0.05) is 36.9 Å². The minimum Gasteiger partial charge on any atom is -0.450 e. The first-order valence-electron chi connectivity index (χ1n) is 10.7. The summed E-state index contributed by atoms with van der Waals surface area (Å²) in [6.07, 6.45) is 0. The quantitative estimate of drug-likeness (QED) is 0.404. The van der Waals surface area contributed by atoms with E-state index in [2.05, 4.69) is 27.7 Å². The van der Waals surface area contributed by atoms with Gasteiger partial charge >= 0.3 is 0 Å². The fourth-order valence-corrected chi connectivity index (χ4v) is 3.74. The van der Waals surface area contributed by atoms with Gasteiger partial charge in [-0.1, -0.05) is 54.1 Å². The van der Waals surface area contributed by atoms with Crippen molar-refractivity contribution < 1.29 is 9.53 Å². The molecule has 1 saturated heterocycles. The van der Waals surface area contributed by atoms with Crippen LogP contribution in [0.4, 0.5) is 5.69 Å². The Balaban J connectivity index is 1.58. The summed E-state index contributed by atoms with van der Waals surface area (Å²) in [5.74, 6) is 0.602. The molecule has 0 atom stereocenters. The maximum atomic E-state index is 13.2. The molecule has 164 valence electrons. The molecule has 2 N–H and O–H groups in total. The summed E-state index contributed by atoms with van der Waals surface area (Å²) in [4.78, 5) is 15.4. The Morgan fingerprint density at radius 2 is 1.53 bits per heavy atom. The van der Waals surface area contributed by atoms with Gasteiger partial charge in [-0.25, -0.2) is 0 Å². The lowest BCUT2D eigenvalue weighted by Gasteiger charge is -2.31. The number of rotatable bonds is 6. The van der Waals surface area contributed by atoms with E-state index < -0.39 is 0 Å². The van der Waals surface area contributed by atoms with Crippen molar-refractivity contribution >= 4 is 23.2 Å². The van der Waals surface area contributed by atoms with Crippen molar-refractivity contribution in [2.45, 2.75) is 6.92 Å². The molecule has 32 heavy (non-hydrogen) atoms. The molecule has 1 fully saturated rings. The van der Waals surface area contributed by atoms with Crippen LogP contribution in [0.2, 0.25) is 5.02 Å². The number of amides is 1. The van der Waals surface area contributed by atoms with Gasteiger partial charge in [0.05, 0.1) is 5.70 Å². The van der Waals surface area contributed by atoms with Crippen molar-refractivity contribution in [3.05, 3.63) is 95.3 Å². The van der Waals surface area contributed by atoms with E-state index >= 15 is 0 Å². The van der Waals surface area contributed by atoms with Crippen molar-refractivity contribution in [2.24, 2.45) is 0 Å². The molecule has 0 radical (unpaired) electrons. The van der Waals surface area contributed by atoms with E-state index in [0.29, 0.717) is 16.5 Å². The molecule has 1 aliphatic rings. The van der Waals surface area contributed by atoms with Crippen molar-refractivity contribution in [1.29, 1.82) is 0 Å². The minimum atomic E-state index is -0.296. The molecule has 0 bridgehead atoms. The molecule has 0 unspecified atom stereocenters. The SMILES string of the molecule is C/C(=C(/Oc1ccc(-c2ccccc2)cc1)C(=O)Nc1ccc(Cl)cc1)N1CCNCC1. The van der Waals surface area contributed by atoms with Gasteiger partial charge in [0.25, 0.3) is 5.91 Å². The normalized spacial score (nSPS) is 14.5. The summed E-state index contributed by atoms with van der Waals surface area (Å²) < 4.78 is 6.16. The maximum absolute atomic E-state index is 13.2. The highest BCUT2D eigenvalue weighted by molar-refractivity contribution is 6.30. The van der Waals surface area contributed by atoms with Gasteiger partial charge in [-0.05, 0) is 54.4 Å². The van der Waals surface area contributed by atoms with Crippen molar-refractivity contribution in [3.63, 3.8) is 0 Å². The number of nitrogens with zero attached hydrogens (tertiary/aromatic N) is 1. The fraction of sp³-hybridized carbons (Fsp3) is 0.192. The Hall–Kier alpha value is -3.28. The number of nitrogens with one attached hydrogen (secondary N) is 2. The zero-order valence-corrected chi connectivity index (χ0v) is 18.7. The molecule has 1 aliphatic heterocycles. The lowest BCUT2D eigenvalue weighted by atomic mass is 10.1. The number of anilines is 1. The lowest BCUT2D eigenvalue weighted by molar-refractivity contribution is -0.115. The van der Waals surface area contributed by atoms with Crippen LogP contribution in [-0.4, -0.2) is 37.0 Å². The monoisotopic (exact) mass is 447 g/mol. The van der Waals surface area contributed by atoms with Crippen LogP contribution in [-0.2, 0) is 4.79 Å². The molecule has 6 heteroatoms. The van der Waals surface area contributed by atoms with Gasteiger partial charge in [0.15, 0.2) is 0 Å². The molecule has 3 aromatic rings. The highest BCUT2D eigenvalue weighted by Gasteiger charge is 2.21. The Morgan fingerprint density at radius 1 is 0.906 bits per heavy atom. The molecule has 1 heterocycles. The Bertz CT molecular complexity index is 1070. The molecular weight excluding hydrogens is 422 g/mol. The van der Waals surface area contributed by atoms with E-state index in [1.54, 1.807) is 24.3 Å². The van der Waals surface area contributed by atoms with Crippen molar-refractivity contribution in [2.75, 3.05) is 31.5 Å². The smallest absolute Gasteiger partial charge is 0.293 e. The molecule has 0 saturated carbocycles. The van der Waals surface area contributed by atoms with Crippen LogP contribution >= 0.6 is 11.6 Å². The van der Waals surface area contributed by atoms with Crippen LogP contribution in [0, 0.1) is 0 Å². The third kappa shape index (κ3) is 5.49. The second kappa shape index (κ2) is 10.4. The number of benzene rings is 3. The van der Waals surface area contributed by atoms with Crippen LogP contribution < -0.4 is 15.4 Å². The van der Waals surface area contributed by atoms with Crippen molar-refractivity contribution in [3.8, 4) is 16.9 Å². The number of carbonyl (C=O) groups is 1. The molecule has 4 rings (SSSR count). The zero-order chi connectivity index (χ0) is 22.3. The average Bonchev–Trinajstić information content (AvgIpc) is 2.85. The van der Waals surface area contributed by atoms with E-state index in [-0.39, 0.29) is 11.7 Å². The molecular formula is C26H26ClN3O2. The second-order valence-electron chi connectivity index (χ2n) is 7.61. The molecule has 1 amide bonds. The highest BCUT2D eigenvalue weighted by atomic mass is 35.5. The van der Waals surface area contributed by atoms with E-state index in [9.17, 15) is 4.79 Å².